The van der Waals surface area contributed by atoms with Crippen LogP contribution in [0, 0.1) is 5.92 Å². The van der Waals surface area contributed by atoms with E-state index in [2.05, 4.69) is 17.2 Å². The molecule has 2 N–H and O–H groups in total. The lowest BCUT2D eigenvalue weighted by Gasteiger charge is -2.29. The second kappa shape index (κ2) is 6.83. The van der Waals surface area contributed by atoms with Crippen LogP contribution in [-0.4, -0.2) is 34.6 Å². The summed E-state index contributed by atoms with van der Waals surface area (Å²) in [6, 6.07) is 0.334. The maximum absolute atomic E-state index is 11.7. The number of hydrogen-bond donors (Lipinski definition) is 1. The van der Waals surface area contributed by atoms with Crippen molar-refractivity contribution >= 4 is 5.97 Å². The first-order valence-corrected chi connectivity index (χ1v) is 7.43. The van der Waals surface area contributed by atoms with E-state index in [1.165, 1.54) is 26.4 Å². The summed E-state index contributed by atoms with van der Waals surface area (Å²) in [7, 11) is 1.36. The van der Waals surface area contributed by atoms with E-state index in [-0.39, 0.29) is 0 Å². The largest absolute Gasteiger partial charge is 0.464 e. The number of esters is 1. The topological polar surface area (TPSA) is 83.0 Å². The third-order valence-electron chi connectivity index (χ3n) is 4.23. The Bertz CT molecular complexity index is 458. The zero-order chi connectivity index (χ0) is 14.5. The van der Waals surface area contributed by atoms with E-state index >= 15 is 0 Å². The van der Waals surface area contributed by atoms with Crippen LogP contribution in [0.1, 0.15) is 61.3 Å². The van der Waals surface area contributed by atoms with Crippen LogP contribution in [0.25, 0.3) is 0 Å². The number of rotatable bonds is 5. The van der Waals surface area contributed by atoms with Gasteiger partial charge in [-0.2, -0.15) is 0 Å². The molecule has 20 heavy (non-hydrogen) atoms. The van der Waals surface area contributed by atoms with Crippen LogP contribution in [0.4, 0.5) is 0 Å². The third kappa shape index (κ3) is 3.00. The Labute approximate surface area is 119 Å². The quantitative estimate of drug-likeness (QED) is 0.830. The standard InChI is InChI=1S/C14H24N4O2/c1-3-10-5-4-6-11(9-10)18-12(7-8-15)13(16-17-18)14(19)20-2/h10-11H,3-9,15H2,1-2H3. The fraction of sp³-hybridized carbons (Fsp3) is 0.786. The minimum absolute atomic E-state index is 0.316. The summed E-state index contributed by atoms with van der Waals surface area (Å²) in [5.74, 6) is 0.313. The van der Waals surface area contributed by atoms with Gasteiger partial charge in [-0.05, 0) is 25.3 Å². The Hall–Kier alpha value is -1.43. The highest BCUT2D eigenvalue weighted by Crippen LogP contribution is 2.34. The Morgan fingerprint density at radius 3 is 2.95 bits per heavy atom. The molecule has 1 aromatic heterocycles. The van der Waals surface area contributed by atoms with Crippen molar-refractivity contribution in [2.45, 2.75) is 51.5 Å². The van der Waals surface area contributed by atoms with Crippen LogP contribution < -0.4 is 5.73 Å². The highest BCUT2D eigenvalue weighted by atomic mass is 16.5. The molecule has 6 heteroatoms. The van der Waals surface area contributed by atoms with E-state index in [1.54, 1.807) is 0 Å². The van der Waals surface area contributed by atoms with Crippen molar-refractivity contribution in [3.05, 3.63) is 11.4 Å². The lowest BCUT2D eigenvalue weighted by atomic mass is 9.84. The minimum atomic E-state index is -0.428. The molecule has 0 bridgehead atoms. The van der Waals surface area contributed by atoms with E-state index in [0.717, 1.165) is 24.5 Å². The first-order chi connectivity index (χ1) is 9.71. The Morgan fingerprint density at radius 1 is 1.50 bits per heavy atom. The first kappa shape index (κ1) is 15.0. The molecular formula is C14H24N4O2. The van der Waals surface area contributed by atoms with Crippen molar-refractivity contribution in [2.24, 2.45) is 11.7 Å². The highest BCUT2D eigenvalue weighted by molar-refractivity contribution is 5.88. The second-order valence-electron chi connectivity index (χ2n) is 5.45. The van der Waals surface area contributed by atoms with Crippen molar-refractivity contribution in [1.29, 1.82) is 0 Å². The molecule has 2 atom stereocenters. The van der Waals surface area contributed by atoms with Crippen molar-refractivity contribution < 1.29 is 9.53 Å². The normalized spacial score (nSPS) is 22.8. The summed E-state index contributed by atoms with van der Waals surface area (Å²) in [6.07, 6.45) is 6.50. The molecule has 1 heterocycles. The Morgan fingerprint density at radius 2 is 2.30 bits per heavy atom. The molecule has 112 valence electrons. The summed E-state index contributed by atoms with van der Waals surface area (Å²) >= 11 is 0. The van der Waals surface area contributed by atoms with E-state index in [1.807, 2.05) is 4.68 Å². The van der Waals surface area contributed by atoms with Gasteiger partial charge in [-0.1, -0.05) is 31.4 Å². The molecule has 1 fully saturated rings. The van der Waals surface area contributed by atoms with Crippen molar-refractivity contribution in [3.8, 4) is 0 Å². The molecule has 1 aromatic rings. The number of nitrogens with zero attached hydrogens (tertiary/aromatic N) is 3. The molecule has 0 aromatic carbocycles. The van der Waals surface area contributed by atoms with Crippen molar-refractivity contribution in [1.82, 2.24) is 15.0 Å². The number of nitrogens with two attached hydrogens (primary N) is 1. The molecule has 1 saturated carbocycles. The molecule has 2 unspecified atom stereocenters. The maximum Gasteiger partial charge on any atom is 0.360 e. The summed E-state index contributed by atoms with van der Waals surface area (Å²) < 4.78 is 6.69. The van der Waals surface area contributed by atoms with E-state index in [4.69, 9.17) is 10.5 Å². The Balaban J connectivity index is 2.26. The molecular weight excluding hydrogens is 256 g/mol. The number of methoxy groups -OCH3 is 1. The van der Waals surface area contributed by atoms with Crippen molar-refractivity contribution in [3.63, 3.8) is 0 Å². The SMILES string of the molecule is CCC1CCCC(n2nnc(C(=O)OC)c2CCN)C1. The van der Waals surface area contributed by atoms with E-state index < -0.39 is 5.97 Å². The number of hydrogen-bond acceptors (Lipinski definition) is 5. The van der Waals surface area contributed by atoms with Crippen LogP contribution >= 0.6 is 0 Å². The molecule has 1 aliphatic rings. The number of aromatic nitrogens is 3. The fourth-order valence-electron chi connectivity index (χ4n) is 3.09. The number of carbonyl (C=O) groups is 1. The summed E-state index contributed by atoms with van der Waals surface area (Å²) in [5.41, 5.74) is 6.80. The van der Waals surface area contributed by atoms with E-state index in [0.29, 0.717) is 24.7 Å². The zero-order valence-corrected chi connectivity index (χ0v) is 12.3. The van der Waals surface area contributed by atoms with Gasteiger partial charge < -0.3 is 10.5 Å². The predicted octanol–water partition coefficient (Wildman–Crippen LogP) is 1.71. The number of carbonyl (C=O) groups excluding carboxylic acids is 1. The van der Waals surface area contributed by atoms with Gasteiger partial charge in [-0.25, -0.2) is 9.48 Å². The maximum atomic E-state index is 11.7. The first-order valence-electron chi connectivity index (χ1n) is 7.43. The predicted molar refractivity (Wildman–Crippen MR) is 75.4 cm³/mol. The third-order valence-corrected chi connectivity index (χ3v) is 4.23. The van der Waals surface area contributed by atoms with E-state index in [9.17, 15) is 4.79 Å². The van der Waals surface area contributed by atoms with Gasteiger partial charge in [0.2, 0.25) is 0 Å². The highest BCUT2D eigenvalue weighted by Gasteiger charge is 2.28. The van der Waals surface area contributed by atoms with Gasteiger partial charge in [-0.3, -0.25) is 0 Å². The van der Waals surface area contributed by atoms with Gasteiger partial charge in [-0.15, -0.1) is 5.10 Å². The van der Waals surface area contributed by atoms with Crippen LogP contribution in [0.15, 0.2) is 0 Å². The minimum Gasteiger partial charge on any atom is -0.464 e. The summed E-state index contributed by atoms with van der Waals surface area (Å²) in [6.45, 7) is 2.70. The molecule has 0 aliphatic heterocycles. The zero-order valence-electron chi connectivity index (χ0n) is 12.3. The van der Waals surface area contributed by atoms with Gasteiger partial charge in [0, 0.05) is 6.42 Å². The molecule has 1 aliphatic carbocycles. The molecule has 0 spiro atoms. The lowest BCUT2D eigenvalue weighted by Crippen LogP contribution is -2.23. The summed E-state index contributed by atoms with van der Waals surface area (Å²) in [5, 5.41) is 8.22. The van der Waals surface area contributed by atoms with Crippen LogP contribution in [-0.2, 0) is 11.2 Å². The average molecular weight is 280 g/mol. The van der Waals surface area contributed by atoms with Gasteiger partial charge in [0.05, 0.1) is 18.8 Å². The smallest absolute Gasteiger partial charge is 0.360 e. The second-order valence-corrected chi connectivity index (χ2v) is 5.45. The molecule has 2 rings (SSSR count). The summed E-state index contributed by atoms with van der Waals surface area (Å²) in [4.78, 5) is 11.7. The molecule has 0 radical (unpaired) electrons. The molecule has 0 amide bonds. The van der Waals surface area contributed by atoms with Crippen LogP contribution in [0.2, 0.25) is 0 Å². The fourth-order valence-corrected chi connectivity index (χ4v) is 3.09. The molecule has 6 nitrogen and oxygen atoms in total. The Kier molecular flexibility index (Phi) is 5.11. The van der Waals surface area contributed by atoms with Gasteiger partial charge in [0.15, 0.2) is 5.69 Å². The molecule has 0 saturated heterocycles. The average Bonchev–Trinajstić information content (AvgIpc) is 2.90. The lowest BCUT2D eigenvalue weighted by molar-refractivity contribution is 0.0592. The van der Waals surface area contributed by atoms with Gasteiger partial charge >= 0.3 is 5.97 Å². The van der Waals surface area contributed by atoms with Crippen LogP contribution in [0.3, 0.4) is 0 Å². The number of ether oxygens (including phenoxy) is 1. The van der Waals surface area contributed by atoms with Gasteiger partial charge in [0.25, 0.3) is 0 Å². The van der Waals surface area contributed by atoms with Gasteiger partial charge in [0.1, 0.15) is 0 Å². The monoisotopic (exact) mass is 280 g/mol. The van der Waals surface area contributed by atoms with Crippen molar-refractivity contribution in [2.75, 3.05) is 13.7 Å². The van der Waals surface area contributed by atoms with Crippen LogP contribution in [0.5, 0.6) is 0 Å².